The molecule has 0 spiro atoms. The molecule has 0 saturated carbocycles. The average Bonchev–Trinajstić information content (AvgIpc) is 2.45. The molecule has 2 aromatic rings. The van der Waals surface area contributed by atoms with Gasteiger partial charge in [0.1, 0.15) is 0 Å². The Morgan fingerprint density at radius 3 is 2.19 bits per heavy atom. The summed E-state index contributed by atoms with van der Waals surface area (Å²) in [5.41, 5.74) is 0.698. The van der Waals surface area contributed by atoms with Crippen LogP contribution >= 0.6 is 23.4 Å². The number of aliphatic hydroxyl groups is 1. The number of rotatable bonds is 5. The summed E-state index contributed by atoms with van der Waals surface area (Å²) in [4.78, 5) is 1.27. The molecular weight excluding hydrogens is 328 g/mol. The van der Waals surface area contributed by atoms with E-state index in [-0.39, 0.29) is 4.90 Å². The second-order valence-corrected chi connectivity index (χ2v) is 8.17. The molecule has 21 heavy (non-hydrogen) atoms. The number of sulfone groups is 1. The van der Waals surface area contributed by atoms with Gasteiger partial charge in [0, 0.05) is 21.9 Å². The van der Waals surface area contributed by atoms with Gasteiger partial charge < -0.3 is 5.11 Å². The van der Waals surface area contributed by atoms with Crippen molar-refractivity contribution in [1.82, 2.24) is 0 Å². The highest BCUT2D eigenvalue weighted by Gasteiger charge is 2.11. The van der Waals surface area contributed by atoms with E-state index in [2.05, 4.69) is 0 Å². The van der Waals surface area contributed by atoms with Gasteiger partial charge in [0.2, 0.25) is 0 Å². The van der Waals surface area contributed by atoms with Crippen LogP contribution in [0.4, 0.5) is 0 Å². The third-order valence-electron chi connectivity index (χ3n) is 2.91. The van der Waals surface area contributed by atoms with Gasteiger partial charge in [-0.05, 0) is 42.0 Å². The van der Waals surface area contributed by atoms with Crippen LogP contribution in [0.1, 0.15) is 11.7 Å². The first-order valence-corrected chi connectivity index (χ1v) is 9.48. The zero-order valence-electron chi connectivity index (χ0n) is 11.4. The van der Waals surface area contributed by atoms with Crippen LogP contribution in [0.15, 0.2) is 58.3 Å². The lowest BCUT2D eigenvalue weighted by Crippen LogP contribution is -2.02. The van der Waals surface area contributed by atoms with E-state index in [4.69, 9.17) is 11.6 Å². The molecule has 0 radical (unpaired) electrons. The van der Waals surface area contributed by atoms with Crippen molar-refractivity contribution in [3.05, 3.63) is 59.1 Å². The molecule has 3 nitrogen and oxygen atoms in total. The number of aliphatic hydroxyl groups excluding tert-OH is 1. The first-order valence-electron chi connectivity index (χ1n) is 6.23. The molecule has 112 valence electrons. The number of hydrogen-bond acceptors (Lipinski definition) is 4. The molecular formula is C15H15ClO3S2. The lowest BCUT2D eigenvalue weighted by molar-refractivity contribution is 0.204. The fourth-order valence-corrected chi connectivity index (χ4v) is 3.37. The van der Waals surface area contributed by atoms with E-state index in [1.165, 1.54) is 23.9 Å². The van der Waals surface area contributed by atoms with Crippen LogP contribution in [0, 0.1) is 0 Å². The molecule has 0 aliphatic heterocycles. The second kappa shape index (κ2) is 6.83. The molecule has 1 unspecified atom stereocenters. The molecule has 0 aliphatic rings. The maximum absolute atomic E-state index is 11.4. The van der Waals surface area contributed by atoms with Crippen LogP contribution < -0.4 is 0 Å². The van der Waals surface area contributed by atoms with Crippen molar-refractivity contribution in [3.63, 3.8) is 0 Å². The summed E-state index contributed by atoms with van der Waals surface area (Å²) in [5.74, 6) is 0.486. The molecule has 0 saturated heterocycles. The van der Waals surface area contributed by atoms with Gasteiger partial charge in [-0.1, -0.05) is 23.7 Å². The topological polar surface area (TPSA) is 54.4 Å². The largest absolute Gasteiger partial charge is 0.388 e. The first-order chi connectivity index (χ1) is 9.86. The molecule has 0 aromatic heterocycles. The van der Waals surface area contributed by atoms with Gasteiger partial charge in [0.15, 0.2) is 9.84 Å². The maximum atomic E-state index is 11.4. The lowest BCUT2D eigenvalue weighted by Gasteiger charge is -2.11. The summed E-state index contributed by atoms with van der Waals surface area (Å²) >= 11 is 7.33. The highest BCUT2D eigenvalue weighted by molar-refractivity contribution is 7.99. The van der Waals surface area contributed by atoms with Gasteiger partial charge in [-0.15, -0.1) is 11.8 Å². The van der Waals surface area contributed by atoms with Crippen LogP contribution in [0.5, 0.6) is 0 Å². The molecule has 2 rings (SSSR count). The maximum Gasteiger partial charge on any atom is 0.175 e. The third kappa shape index (κ3) is 4.74. The molecule has 0 heterocycles. The Morgan fingerprint density at radius 1 is 1.10 bits per heavy atom. The van der Waals surface area contributed by atoms with Crippen molar-refractivity contribution >= 4 is 33.2 Å². The Labute approximate surface area is 133 Å². The minimum absolute atomic E-state index is 0.254. The van der Waals surface area contributed by atoms with Crippen molar-refractivity contribution in [2.24, 2.45) is 0 Å². The number of thioether (sulfide) groups is 1. The normalized spacial score (nSPS) is 13.1. The average molecular weight is 343 g/mol. The van der Waals surface area contributed by atoms with Crippen molar-refractivity contribution in [2.45, 2.75) is 15.9 Å². The van der Waals surface area contributed by atoms with Crippen molar-refractivity contribution in [3.8, 4) is 0 Å². The monoisotopic (exact) mass is 342 g/mol. The lowest BCUT2D eigenvalue weighted by atomic mass is 10.1. The van der Waals surface area contributed by atoms with Crippen molar-refractivity contribution in [1.29, 1.82) is 0 Å². The number of benzene rings is 2. The summed E-state index contributed by atoms with van der Waals surface area (Å²) in [6.07, 6.45) is 0.508. The molecule has 2 aromatic carbocycles. The Kier molecular flexibility index (Phi) is 5.32. The third-order valence-corrected chi connectivity index (χ3v) is 5.38. The minimum Gasteiger partial charge on any atom is -0.388 e. The van der Waals surface area contributed by atoms with E-state index >= 15 is 0 Å². The molecule has 0 aliphatic carbocycles. The Morgan fingerprint density at radius 2 is 1.67 bits per heavy atom. The van der Waals surface area contributed by atoms with Gasteiger partial charge in [-0.3, -0.25) is 0 Å². The molecule has 1 atom stereocenters. The summed E-state index contributed by atoms with van der Waals surface area (Å²) in [7, 11) is -3.20. The zero-order valence-corrected chi connectivity index (χ0v) is 13.8. The van der Waals surface area contributed by atoms with Crippen LogP contribution in [-0.4, -0.2) is 25.5 Å². The van der Waals surface area contributed by atoms with Gasteiger partial charge in [-0.25, -0.2) is 8.42 Å². The molecule has 1 N–H and O–H groups in total. The predicted molar refractivity (Wildman–Crippen MR) is 86.7 cm³/mol. The van der Waals surface area contributed by atoms with Crippen LogP contribution in [-0.2, 0) is 9.84 Å². The van der Waals surface area contributed by atoms with Crippen LogP contribution in [0.2, 0.25) is 5.02 Å². The highest BCUT2D eigenvalue weighted by Crippen LogP contribution is 2.26. The highest BCUT2D eigenvalue weighted by atomic mass is 35.5. The van der Waals surface area contributed by atoms with E-state index in [0.29, 0.717) is 16.3 Å². The van der Waals surface area contributed by atoms with Crippen molar-refractivity contribution < 1.29 is 13.5 Å². The standard InChI is InChI=1S/C15H15ClO3S2/c1-21(18,19)14-8-2-11(3-9-14)15(17)10-20-13-6-4-12(16)5-7-13/h2-9,15,17H,10H2,1H3. The van der Waals surface area contributed by atoms with E-state index in [1.54, 1.807) is 24.3 Å². The van der Waals surface area contributed by atoms with Crippen LogP contribution in [0.3, 0.4) is 0 Å². The number of hydrogen-bond donors (Lipinski definition) is 1. The molecule has 0 amide bonds. The van der Waals surface area contributed by atoms with E-state index < -0.39 is 15.9 Å². The van der Waals surface area contributed by atoms with E-state index in [1.807, 2.05) is 12.1 Å². The smallest absolute Gasteiger partial charge is 0.175 e. The summed E-state index contributed by atoms with van der Waals surface area (Å²) in [5, 5.41) is 10.8. The SMILES string of the molecule is CS(=O)(=O)c1ccc(C(O)CSc2ccc(Cl)cc2)cc1. The van der Waals surface area contributed by atoms with Gasteiger partial charge in [-0.2, -0.15) is 0 Å². The first kappa shape index (κ1) is 16.4. The molecule has 0 fully saturated rings. The fourth-order valence-electron chi connectivity index (χ4n) is 1.74. The van der Waals surface area contributed by atoms with Crippen LogP contribution in [0.25, 0.3) is 0 Å². The van der Waals surface area contributed by atoms with Gasteiger partial charge >= 0.3 is 0 Å². The quantitative estimate of drug-likeness (QED) is 0.844. The van der Waals surface area contributed by atoms with Gasteiger partial charge in [0.25, 0.3) is 0 Å². The fraction of sp³-hybridized carbons (Fsp3) is 0.200. The Bertz CT molecular complexity index is 695. The summed E-state index contributed by atoms with van der Waals surface area (Å²) < 4.78 is 22.7. The summed E-state index contributed by atoms with van der Waals surface area (Å²) in [6.45, 7) is 0. The number of halogens is 1. The molecule has 6 heteroatoms. The Balaban J connectivity index is 2.00. The van der Waals surface area contributed by atoms with E-state index in [0.717, 1.165) is 11.2 Å². The van der Waals surface area contributed by atoms with Crippen molar-refractivity contribution in [2.75, 3.05) is 12.0 Å². The molecule has 0 bridgehead atoms. The minimum atomic E-state index is -3.20. The summed E-state index contributed by atoms with van der Waals surface area (Å²) in [6, 6.07) is 13.7. The second-order valence-electron chi connectivity index (χ2n) is 4.62. The van der Waals surface area contributed by atoms with E-state index in [9.17, 15) is 13.5 Å². The predicted octanol–water partition coefficient (Wildman–Crippen LogP) is 3.57. The van der Waals surface area contributed by atoms with Gasteiger partial charge in [0.05, 0.1) is 11.0 Å². The Hall–Kier alpha value is -1.01. The zero-order chi connectivity index (χ0) is 15.5.